The first-order valence-corrected chi connectivity index (χ1v) is 10.6. The van der Waals surface area contributed by atoms with Crippen molar-refractivity contribution >= 4 is 20.0 Å². The summed E-state index contributed by atoms with van der Waals surface area (Å²) in [7, 11) is -7.86. The van der Waals surface area contributed by atoms with Gasteiger partial charge in [0.15, 0.2) is 5.41 Å². The van der Waals surface area contributed by atoms with Gasteiger partial charge in [0.05, 0.1) is 9.80 Å². The number of rotatable bonds is 2. The molecule has 0 unspecified atom stereocenters. The zero-order valence-corrected chi connectivity index (χ0v) is 16.3. The van der Waals surface area contributed by atoms with E-state index >= 15 is 0 Å². The van der Waals surface area contributed by atoms with Gasteiger partial charge in [0.1, 0.15) is 0 Å². The Kier molecular flexibility index (Phi) is 7.01. The summed E-state index contributed by atoms with van der Waals surface area (Å²) in [6.45, 7) is 0.871. The molecule has 0 bridgehead atoms. The lowest BCUT2D eigenvalue weighted by atomic mass is 9.77. The first-order chi connectivity index (χ1) is 12.8. The first kappa shape index (κ1) is 25.1. The van der Waals surface area contributed by atoms with E-state index in [1.165, 1.54) is 12.1 Å². The fourth-order valence-corrected chi connectivity index (χ4v) is 3.77. The van der Waals surface area contributed by atoms with Crippen molar-refractivity contribution in [2.24, 2.45) is 15.7 Å². The summed E-state index contributed by atoms with van der Waals surface area (Å²) in [4.78, 5) is -0.577. The molecule has 6 nitrogen and oxygen atoms in total. The maximum atomic E-state index is 12.7. The Balaban J connectivity index is 0.000000352. The molecule has 0 amide bonds. The van der Waals surface area contributed by atoms with Gasteiger partial charge >= 0.3 is 12.4 Å². The van der Waals surface area contributed by atoms with Crippen molar-refractivity contribution in [3.05, 3.63) is 53.0 Å². The molecule has 1 aromatic carbocycles. The van der Waals surface area contributed by atoms with Gasteiger partial charge in [-0.2, -0.15) is 26.3 Å². The van der Waals surface area contributed by atoms with E-state index in [1.807, 2.05) is 0 Å². The predicted molar refractivity (Wildman–Crippen MR) is 91.9 cm³/mol. The molecule has 0 radical (unpaired) electrons. The van der Waals surface area contributed by atoms with Gasteiger partial charge in [-0.15, -0.1) is 0 Å². The van der Waals surface area contributed by atoms with Crippen molar-refractivity contribution in [3.63, 3.8) is 0 Å². The molecular weight excluding hydrogens is 450 g/mol. The number of hydrogen-bond donors (Lipinski definition) is 2. The molecule has 0 saturated carbocycles. The second-order valence-corrected chi connectivity index (χ2v) is 9.12. The fraction of sp³-hybridized carbons (Fsp3) is 0.333. The number of allylic oxidation sites excluding steroid dienone is 3. The van der Waals surface area contributed by atoms with Gasteiger partial charge in [-0.05, 0) is 31.6 Å². The Morgan fingerprint density at radius 1 is 0.862 bits per heavy atom. The monoisotopic (exact) mass is 466 g/mol. The van der Waals surface area contributed by atoms with Gasteiger partial charge in [0, 0.05) is 0 Å². The highest BCUT2D eigenvalue weighted by Gasteiger charge is 2.69. The van der Waals surface area contributed by atoms with Crippen LogP contribution in [0.2, 0.25) is 0 Å². The lowest BCUT2D eigenvalue weighted by Crippen LogP contribution is -2.49. The van der Waals surface area contributed by atoms with Crippen LogP contribution in [0.25, 0.3) is 0 Å². The van der Waals surface area contributed by atoms with Crippen LogP contribution < -0.4 is 10.3 Å². The third-order valence-electron chi connectivity index (χ3n) is 3.87. The van der Waals surface area contributed by atoms with Gasteiger partial charge in [0.2, 0.25) is 20.0 Å². The quantitative estimate of drug-likeness (QED) is 0.651. The van der Waals surface area contributed by atoms with Crippen LogP contribution in [-0.4, -0.2) is 29.2 Å². The zero-order valence-electron chi connectivity index (χ0n) is 14.6. The minimum Gasteiger partial charge on any atom is -0.225 e. The van der Waals surface area contributed by atoms with Gasteiger partial charge in [-0.3, -0.25) is 0 Å². The second-order valence-electron chi connectivity index (χ2n) is 6.02. The largest absolute Gasteiger partial charge is 0.406 e. The summed E-state index contributed by atoms with van der Waals surface area (Å²) in [5.74, 6) is 0. The average Bonchev–Trinajstić information content (AvgIpc) is 2.52. The van der Waals surface area contributed by atoms with Crippen LogP contribution in [0.3, 0.4) is 0 Å². The van der Waals surface area contributed by atoms with Crippen molar-refractivity contribution in [1.29, 1.82) is 0 Å². The van der Waals surface area contributed by atoms with Crippen LogP contribution in [0, 0.1) is 5.41 Å². The van der Waals surface area contributed by atoms with Crippen LogP contribution in [0.15, 0.2) is 57.9 Å². The average molecular weight is 466 g/mol. The van der Waals surface area contributed by atoms with E-state index in [-0.39, 0.29) is 17.0 Å². The van der Waals surface area contributed by atoms with E-state index in [1.54, 1.807) is 18.2 Å². The number of sulfonamides is 2. The summed E-state index contributed by atoms with van der Waals surface area (Å²) in [6.07, 6.45) is -12.6. The summed E-state index contributed by atoms with van der Waals surface area (Å²) < 4.78 is 120. The maximum Gasteiger partial charge on any atom is 0.406 e. The molecule has 0 aromatic heterocycles. The van der Waals surface area contributed by atoms with E-state index in [0.717, 1.165) is 6.92 Å². The molecule has 0 fully saturated rings. The normalized spacial score (nSPS) is 17.6. The molecular formula is C15H16F6N2O4S2. The van der Waals surface area contributed by atoms with Crippen LogP contribution >= 0.6 is 0 Å². The van der Waals surface area contributed by atoms with E-state index in [4.69, 9.17) is 10.3 Å². The van der Waals surface area contributed by atoms with Crippen LogP contribution in [0.5, 0.6) is 0 Å². The summed E-state index contributed by atoms with van der Waals surface area (Å²) in [5.41, 5.74) is -4.67. The Hall–Kier alpha value is -1.90. The molecule has 0 saturated heterocycles. The highest BCUT2D eigenvalue weighted by atomic mass is 32.2. The predicted octanol–water partition coefficient (Wildman–Crippen LogP) is 2.95. The smallest absolute Gasteiger partial charge is 0.225 e. The van der Waals surface area contributed by atoms with Crippen molar-refractivity contribution < 1.29 is 43.2 Å². The number of hydrogen-bond acceptors (Lipinski definition) is 4. The Morgan fingerprint density at radius 2 is 1.31 bits per heavy atom. The van der Waals surface area contributed by atoms with Crippen molar-refractivity contribution in [3.8, 4) is 0 Å². The minimum atomic E-state index is -5.59. The van der Waals surface area contributed by atoms with Gasteiger partial charge in [-0.25, -0.2) is 27.1 Å². The van der Waals surface area contributed by atoms with Crippen molar-refractivity contribution in [1.82, 2.24) is 0 Å². The van der Waals surface area contributed by atoms with Crippen molar-refractivity contribution in [2.45, 2.75) is 30.6 Å². The summed E-state index contributed by atoms with van der Waals surface area (Å²) >= 11 is 0. The molecule has 0 aliphatic heterocycles. The Bertz CT molecular complexity index is 997. The van der Waals surface area contributed by atoms with E-state index in [9.17, 15) is 43.2 Å². The third-order valence-corrected chi connectivity index (χ3v) is 5.90. The van der Waals surface area contributed by atoms with Gasteiger partial charge in [-0.1, -0.05) is 29.8 Å². The molecule has 4 N–H and O–H groups in total. The molecule has 0 atom stereocenters. The Labute approximate surface area is 163 Å². The molecule has 14 heteroatoms. The summed E-state index contributed by atoms with van der Waals surface area (Å²) in [6, 6.07) is 7.89. The van der Waals surface area contributed by atoms with Crippen LogP contribution in [0.4, 0.5) is 26.3 Å². The molecule has 29 heavy (non-hydrogen) atoms. The van der Waals surface area contributed by atoms with Crippen LogP contribution in [0.1, 0.15) is 13.3 Å². The fourth-order valence-electron chi connectivity index (χ4n) is 2.42. The lowest BCUT2D eigenvalue weighted by Gasteiger charge is -2.37. The molecule has 2 rings (SSSR count). The van der Waals surface area contributed by atoms with E-state index in [0.29, 0.717) is 0 Å². The van der Waals surface area contributed by atoms with Crippen LogP contribution in [-0.2, 0) is 20.0 Å². The highest BCUT2D eigenvalue weighted by molar-refractivity contribution is 7.93. The third kappa shape index (κ3) is 5.81. The topological polar surface area (TPSA) is 120 Å². The number of halogens is 6. The standard InChI is InChI=1S/C9H9F6NO2S.C6H7NO2S/c1-5-4-7(8(10,11)12,9(13,14)15)3-2-6(5)19(16,17)18;7-10(8,9)6-4-2-1-3-5-6/h2-3H,4H2,1H3,(H2,16,17,18);1-5H,(H2,7,8,9). The van der Waals surface area contributed by atoms with E-state index in [2.05, 4.69) is 0 Å². The molecule has 1 aliphatic carbocycles. The van der Waals surface area contributed by atoms with E-state index < -0.39 is 54.7 Å². The molecule has 0 spiro atoms. The van der Waals surface area contributed by atoms with Gasteiger partial charge < -0.3 is 0 Å². The molecule has 164 valence electrons. The summed E-state index contributed by atoms with van der Waals surface area (Å²) in [5, 5.41) is 9.54. The maximum absolute atomic E-state index is 12.7. The number of alkyl halides is 6. The second kappa shape index (κ2) is 8.08. The number of benzene rings is 1. The lowest BCUT2D eigenvalue weighted by molar-refractivity contribution is -0.321. The highest BCUT2D eigenvalue weighted by Crippen LogP contribution is 2.56. The first-order valence-electron chi connectivity index (χ1n) is 7.46. The minimum absolute atomic E-state index is 0.148. The number of nitrogens with two attached hydrogens (primary N) is 2. The molecule has 1 aliphatic rings. The van der Waals surface area contributed by atoms with Gasteiger partial charge in [0.25, 0.3) is 0 Å². The molecule has 1 aromatic rings. The zero-order chi connectivity index (χ0) is 22.9. The van der Waals surface area contributed by atoms with Crippen molar-refractivity contribution in [2.75, 3.05) is 0 Å². The Morgan fingerprint density at radius 3 is 1.59 bits per heavy atom. The molecule has 0 heterocycles. The SMILES string of the molecule is CC1=C(S(N)(=O)=O)C=CC(C(F)(F)F)(C(F)(F)F)C1.NS(=O)(=O)c1ccccc1. The number of primary sulfonamides is 2.